The van der Waals surface area contributed by atoms with Gasteiger partial charge in [0.15, 0.2) is 11.5 Å². The van der Waals surface area contributed by atoms with Gasteiger partial charge < -0.3 is 9.47 Å². The maximum Gasteiger partial charge on any atom is 0.416 e. The second-order valence-corrected chi connectivity index (χ2v) is 7.58. The average Bonchev–Trinajstić information content (AvgIpc) is 3.06. The van der Waals surface area contributed by atoms with Crippen LogP contribution in [0.2, 0.25) is 0 Å². The molecule has 1 aliphatic heterocycles. The standard InChI is InChI=1S/C17H16F3NO4S/c1-2-21(10-12-3-8-15-16(9-12)25-11-24-15)26(22,23)14-6-4-13(5-7-14)17(18,19)20/h3-9H,2,10-11H2,1H3. The van der Waals surface area contributed by atoms with E-state index < -0.39 is 21.8 Å². The third kappa shape index (κ3) is 3.63. The zero-order valence-corrected chi connectivity index (χ0v) is 14.6. The van der Waals surface area contributed by atoms with Crippen molar-refractivity contribution in [3.63, 3.8) is 0 Å². The molecule has 0 amide bonds. The molecule has 9 heteroatoms. The van der Waals surface area contributed by atoms with Crippen LogP contribution in [0, 0.1) is 0 Å². The van der Waals surface area contributed by atoms with Crippen molar-refractivity contribution in [3.05, 3.63) is 53.6 Å². The van der Waals surface area contributed by atoms with Crippen LogP contribution in [0.5, 0.6) is 11.5 Å². The number of hydrogen-bond acceptors (Lipinski definition) is 4. The van der Waals surface area contributed by atoms with Gasteiger partial charge in [0, 0.05) is 13.1 Å². The first-order valence-corrected chi connectivity index (χ1v) is 9.22. The van der Waals surface area contributed by atoms with Gasteiger partial charge in [-0.2, -0.15) is 17.5 Å². The van der Waals surface area contributed by atoms with Crippen molar-refractivity contribution in [1.29, 1.82) is 0 Å². The van der Waals surface area contributed by atoms with Gasteiger partial charge in [0.1, 0.15) is 0 Å². The quantitative estimate of drug-likeness (QED) is 0.786. The highest BCUT2D eigenvalue weighted by atomic mass is 32.2. The van der Waals surface area contributed by atoms with Crippen molar-refractivity contribution < 1.29 is 31.1 Å². The largest absolute Gasteiger partial charge is 0.454 e. The molecule has 1 aliphatic rings. The van der Waals surface area contributed by atoms with E-state index in [4.69, 9.17) is 9.47 Å². The van der Waals surface area contributed by atoms with Gasteiger partial charge in [-0.05, 0) is 42.0 Å². The zero-order valence-electron chi connectivity index (χ0n) is 13.8. The molecule has 2 aromatic rings. The third-order valence-electron chi connectivity index (χ3n) is 3.97. The second kappa shape index (κ2) is 6.81. The highest BCUT2D eigenvalue weighted by Crippen LogP contribution is 2.34. The smallest absolute Gasteiger partial charge is 0.416 e. The molecule has 0 aromatic heterocycles. The van der Waals surface area contributed by atoms with Gasteiger partial charge in [-0.25, -0.2) is 8.42 Å². The Morgan fingerprint density at radius 2 is 1.69 bits per heavy atom. The Hall–Kier alpha value is -2.26. The number of ether oxygens (including phenoxy) is 2. The van der Waals surface area contributed by atoms with Gasteiger partial charge in [-0.3, -0.25) is 0 Å². The van der Waals surface area contributed by atoms with Crippen molar-refractivity contribution in [2.75, 3.05) is 13.3 Å². The van der Waals surface area contributed by atoms with Crippen LogP contribution in [-0.4, -0.2) is 26.1 Å². The zero-order chi connectivity index (χ0) is 18.9. The summed E-state index contributed by atoms with van der Waals surface area (Å²) < 4.78 is 75.1. The minimum absolute atomic E-state index is 0.0660. The van der Waals surface area contributed by atoms with Crippen molar-refractivity contribution >= 4 is 10.0 Å². The van der Waals surface area contributed by atoms with Crippen LogP contribution < -0.4 is 9.47 Å². The molecule has 140 valence electrons. The fraction of sp³-hybridized carbons (Fsp3) is 0.294. The molecular formula is C17H16F3NO4S. The summed E-state index contributed by atoms with van der Waals surface area (Å²) in [7, 11) is -3.93. The Morgan fingerprint density at radius 3 is 2.31 bits per heavy atom. The lowest BCUT2D eigenvalue weighted by molar-refractivity contribution is -0.137. The monoisotopic (exact) mass is 387 g/mol. The molecule has 0 bridgehead atoms. The van der Waals surface area contributed by atoms with Crippen molar-refractivity contribution in [2.24, 2.45) is 0 Å². The molecule has 0 N–H and O–H groups in total. The number of nitrogens with zero attached hydrogens (tertiary/aromatic N) is 1. The topological polar surface area (TPSA) is 55.8 Å². The maximum atomic E-state index is 12.8. The van der Waals surface area contributed by atoms with E-state index in [1.165, 1.54) is 4.31 Å². The lowest BCUT2D eigenvalue weighted by Crippen LogP contribution is -2.30. The first-order chi connectivity index (χ1) is 12.2. The lowest BCUT2D eigenvalue weighted by atomic mass is 10.2. The summed E-state index contributed by atoms with van der Waals surface area (Å²) in [4.78, 5) is -0.187. The van der Waals surface area contributed by atoms with Gasteiger partial charge in [-0.15, -0.1) is 0 Å². The molecule has 0 saturated carbocycles. The summed E-state index contributed by atoms with van der Waals surface area (Å²) in [5.74, 6) is 1.12. The van der Waals surface area contributed by atoms with Crippen LogP contribution in [-0.2, 0) is 22.7 Å². The average molecular weight is 387 g/mol. The van der Waals surface area contributed by atoms with Gasteiger partial charge >= 0.3 is 6.18 Å². The number of hydrogen-bond donors (Lipinski definition) is 0. The van der Waals surface area contributed by atoms with Gasteiger partial charge in [-0.1, -0.05) is 13.0 Å². The van der Waals surface area contributed by atoms with E-state index in [1.807, 2.05) is 0 Å². The number of halogens is 3. The molecule has 0 aliphatic carbocycles. The number of fused-ring (bicyclic) bond motifs is 1. The Kier molecular flexibility index (Phi) is 4.85. The van der Waals surface area contributed by atoms with E-state index in [9.17, 15) is 21.6 Å². The molecule has 5 nitrogen and oxygen atoms in total. The minimum atomic E-state index is -4.51. The Balaban J connectivity index is 1.84. The van der Waals surface area contributed by atoms with E-state index in [1.54, 1.807) is 25.1 Å². The highest BCUT2D eigenvalue weighted by Gasteiger charge is 2.31. The normalized spacial score (nSPS) is 14.0. The van der Waals surface area contributed by atoms with Gasteiger partial charge in [0.05, 0.1) is 10.5 Å². The van der Waals surface area contributed by atoms with Crippen LogP contribution in [0.3, 0.4) is 0 Å². The Morgan fingerprint density at radius 1 is 1.04 bits per heavy atom. The predicted molar refractivity (Wildman–Crippen MR) is 87.3 cm³/mol. The van der Waals surface area contributed by atoms with Gasteiger partial charge in [0.25, 0.3) is 0 Å². The minimum Gasteiger partial charge on any atom is -0.454 e. The van der Waals surface area contributed by atoms with E-state index >= 15 is 0 Å². The number of rotatable bonds is 5. The summed E-state index contributed by atoms with van der Waals surface area (Å²) in [5.41, 5.74) is -0.207. The van der Waals surface area contributed by atoms with Crippen LogP contribution >= 0.6 is 0 Å². The Labute approximate surface area is 149 Å². The van der Waals surface area contributed by atoms with Gasteiger partial charge in [0.2, 0.25) is 16.8 Å². The molecular weight excluding hydrogens is 371 g/mol. The molecule has 26 heavy (non-hydrogen) atoms. The van der Waals surface area contributed by atoms with E-state index in [0.29, 0.717) is 17.1 Å². The summed E-state index contributed by atoms with van der Waals surface area (Å²) in [6, 6.07) is 8.57. The van der Waals surface area contributed by atoms with Crippen molar-refractivity contribution in [2.45, 2.75) is 24.5 Å². The highest BCUT2D eigenvalue weighted by molar-refractivity contribution is 7.89. The fourth-order valence-electron chi connectivity index (χ4n) is 2.57. The lowest BCUT2D eigenvalue weighted by Gasteiger charge is -2.21. The van der Waals surface area contributed by atoms with Crippen LogP contribution in [0.4, 0.5) is 13.2 Å². The third-order valence-corrected chi connectivity index (χ3v) is 5.90. The molecule has 0 unspecified atom stereocenters. The summed E-state index contributed by atoms with van der Waals surface area (Å²) in [6.07, 6.45) is -4.51. The predicted octanol–water partition coefficient (Wildman–Crippen LogP) is 3.64. The first kappa shape index (κ1) is 18.5. The Bertz CT molecular complexity index is 895. The molecule has 0 fully saturated rings. The molecule has 0 spiro atoms. The summed E-state index contributed by atoms with van der Waals surface area (Å²) in [6.45, 7) is 2.00. The molecule has 0 saturated heterocycles. The second-order valence-electron chi connectivity index (χ2n) is 5.64. The van der Waals surface area contributed by atoms with E-state index in [2.05, 4.69) is 0 Å². The van der Waals surface area contributed by atoms with Crippen molar-refractivity contribution in [1.82, 2.24) is 4.31 Å². The van der Waals surface area contributed by atoms with Crippen LogP contribution in [0.1, 0.15) is 18.1 Å². The van der Waals surface area contributed by atoms with E-state index in [-0.39, 0.29) is 24.8 Å². The molecule has 0 atom stereocenters. The van der Waals surface area contributed by atoms with Crippen molar-refractivity contribution in [3.8, 4) is 11.5 Å². The summed E-state index contributed by atoms with van der Waals surface area (Å²) >= 11 is 0. The fourth-order valence-corrected chi connectivity index (χ4v) is 4.01. The molecule has 3 rings (SSSR count). The molecule has 0 radical (unpaired) electrons. The van der Waals surface area contributed by atoms with Crippen LogP contribution in [0.15, 0.2) is 47.4 Å². The molecule has 2 aromatic carbocycles. The maximum absolute atomic E-state index is 12.8. The SMILES string of the molecule is CCN(Cc1ccc2c(c1)OCO2)S(=O)(=O)c1ccc(C(F)(F)F)cc1. The number of benzene rings is 2. The summed E-state index contributed by atoms with van der Waals surface area (Å²) in [5, 5.41) is 0. The van der Waals surface area contributed by atoms with Crippen LogP contribution in [0.25, 0.3) is 0 Å². The number of sulfonamides is 1. The first-order valence-electron chi connectivity index (χ1n) is 7.78. The molecule has 1 heterocycles. The van der Waals surface area contributed by atoms with E-state index in [0.717, 1.165) is 24.3 Å². The number of alkyl halides is 3.